The van der Waals surface area contributed by atoms with E-state index < -0.39 is 0 Å². The van der Waals surface area contributed by atoms with E-state index in [1.54, 1.807) is 0 Å². The number of fused-ring (bicyclic) bond motifs is 1. The largest absolute Gasteiger partial charge is 0.308 e. The van der Waals surface area contributed by atoms with Crippen LogP contribution in [0.25, 0.3) is 9.40 Å². The summed E-state index contributed by atoms with van der Waals surface area (Å²) in [6.07, 6.45) is 0. The standard InChI is InChI=1S/C13H13NS3/c1-8-3-5-16-13(8)12(14-2)11-7-10-9(17-11)4-6-15-10/h3-7,12,14H,1-2H3. The molecule has 3 rings (SSSR count). The first-order chi connectivity index (χ1) is 8.29. The molecule has 0 radical (unpaired) electrons. The summed E-state index contributed by atoms with van der Waals surface area (Å²) in [5.74, 6) is 0. The molecule has 1 N–H and O–H groups in total. The van der Waals surface area contributed by atoms with Gasteiger partial charge in [0.15, 0.2) is 0 Å². The first-order valence-electron chi connectivity index (χ1n) is 5.48. The summed E-state index contributed by atoms with van der Waals surface area (Å²) in [5.41, 5.74) is 1.38. The monoisotopic (exact) mass is 279 g/mol. The molecule has 0 aliphatic heterocycles. The van der Waals surface area contributed by atoms with Crippen LogP contribution in [-0.2, 0) is 0 Å². The summed E-state index contributed by atoms with van der Waals surface area (Å²) in [4.78, 5) is 2.85. The van der Waals surface area contributed by atoms with Gasteiger partial charge in [0.1, 0.15) is 0 Å². The van der Waals surface area contributed by atoms with Gasteiger partial charge in [0, 0.05) is 19.2 Å². The van der Waals surface area contributed by atoms with Gasteiger partial charge in [0.25, 0.3) is 0 Å². The molecule has 0 fully saturated rings. The van der Waals surface area contributed by atoms with Gasteiger partial charge < -0.3 is 5.32 Å². The Morgan fingerprint density at radius 2 is 1.94 bits per heavy atom. The number of hydrogen-bond acceptors (Lipinski definition) is 4. The molecular formula is C13H13NS3. The van der Waals surface area contributed by atoms with Gasteiger partial charge in [-0.15, -0.1) is 34.0 Å². The normalized spacial score (nSPS) is 13.3. The molecule has 1 atom stereocenters. The van der Waals surface area contributed by atoms with Crippen LogP contribution in [0.2, 0.25) is 0 Å². The minimum atomic E-state index is 0.347. The van der Waals surface area contributed by atoms with Crippen molar-refractivity contribution in [1.29, 1.82) is 0 Å². The van der Waals surface area contributed by atoms with E-state index in [1.165, 1.54) is 24.7 Å². The molecule has 4 heteroatoms. The van der Waals surface area contributed by atoms with Crippen LogP contribution in [-0.4, -0.2) is 7.05 Å². The minimum absolute atomic E-state index is 0.347. The summed E-state index contributed by atoms with van der Waals surface area (Å²) < 4.78 is 2.80. The maximum Gasteiger partial charge on any atom is 0.0765 e. The van der Waals surface area contributed by atoms with Gasteiger partial charge >= 0.3 is 0 Å². The minimum Gasteiger partial charge on any atom is -0.308 e. The molecule has 0 aliphatic rings. The quantitative estimate of drug-likeness (QED) is 0.736. The smallest absolute Gasteiger partial charge is 0.0765 e. The van der Waals surface area contributed by atoms with Crippen LogP contribution in [0, 0.1) is 6.92 Å². The van der Waals surface area contributed by atoms with Gasteiger partial charge in [-0.25, -0.2) is 0 Å². The van der Waals surface area contributed by atoms with E-state index in [1.807, 2.05) is 41.1 Å². The third-order valence-electron chi connectivity index (χ3n) is 2.90. The van der Waals surface area contributed by atoms with Crippen molar-refractivity contribution >= 4 is 43.4 Å². The predicted octanol–water partition coefficient (Wildman–Crippen LogP) is 4.64. The molecule has 88 valence electrons. The summed E-state index contributed by atoms with van der Waals surface area (Å²) in [6, 6.07) is 7.08. The summed E-state index contributed by atoms with van der Waals surface area (Å²) >= 11 is 5.56. The average Bonchev–Trinajstić information content (AvgIpc) is 2.96. The molecule has 0 spiro atoms. The molecule has 0 saturated heterocycles. The second-order valence-electron chi connectivity index (χ2n) is 3.99. The highest BCUT2D eigenvalue weighted by Gasteiger charge is 2.18. The fourth-order valence-corrected chi connectivity index (χ4v) is 5.38. The molecule has 1 unspecified atom stereocenters. The summed E-state index contributed by atoms with van der Waals surface area (Å²) in [7, 11) is 2.04. The second-order valence-corrected chi connectivity index (χ2v) is 7.00. The Kier molecular flexibility index (Phi) is 3.04. The lowest BCUT2D eigenvalue weighted by Crippen LogP contribution is -2.15. The van der Waals surface area contributed by atoms with E-state index >= 15 is 0 Å². The predicted molar refractivity (Wildman–Crippen MR) is 79.7 cm³/mol. The van der Waals surface area contributed by atoms with E-state index in [2.05, 4.69) is 41.2 Å². The Balaban J connectivity index is 2.06. The topological polar surface area (TPSA) is 12.0 Å². The van der Waals surface area contributed by atoms with E-state index in [0.717, 1.165) is 0 Å². The third-order valence-corrected chi connectivity index (χ3v) is 6.14. The third kappa shape index (κ3) is 1.95. The van der Waals surface area contributed by atoms with Crippen molar-refractivity contribution in [3.05, 3.63) is 44.3 Å². The van der Waals surface area contributed by atoms with E-state index in [0.29, 0.717) is 6.04 Å². The first kappa shape index (κ1) is 11.4. The fraction of sp³-hybridized carbons (Fsp3) is 0.231. The highest BCUT2D eigenvalue weighted by molar-refractivity contribution is 7.27. The number of aryl methyl sites for hydroxylation is 1. The average molecular weight is 279 g/mol. The lowest BCUT2D eigenvalue weighted by Gasteiger charge is -2.13. The van der Waals surface area contributed by atoms with Crippen molar-refractivity contribution in [2.75, 3.05) is 7.05 Å². The number of hydrogen-bond donors (Lipinski definition) is 1. The number of nitrogens with one attached hydrogen (secondary N) is 1. The van der Waals surface area contributed by atoms with Crippen LogP contribution in [0.15, 0.2) is 29.0 Å². The van der Waals surface area contributed by atoms with Crippen molar-refractivity contribution in [2.45, 2.75) is 13.0 Å². The van der Waals surface area contributed by atoms with Crippen LogP contribution in [0.5, 0.6) is 0 Å². The zero-order valence-electron chi connectivity index (χ0n) is 9.69. The number of rotatable bonds is 3. The highest BCUT2D eigenvalue weighted by Crippen LogP contribution is 2.37. The van der Waals surface area contributed by atoms with Crippen molar-refractivity contribution in [3.8, 4) is 0 Å². The Labute approximate surface area is 113 Å². The maximum atomic E-state index is 3.44. The zero-order chi connectivity index (χ0) is 11.8. The molecule has 3 aromatic rings. The highest BCUT2D eigenvalue weighted by atomic mass is 32.1. The van der Waals surface area contributed by atoms with Crippen molar-refractivity contribution < 1.29 is 0 Å². The summed E-state index contributed by atoms with van der Waals surface area (Å²) in [5, 5.41) is 7.77. The van der Waals surface area contributed by atoms with Gasteiger partial charge in [-0.05, 0) is 48.5 Å². The molecule has 3 aromatic heterocycles. The lowest BCUT2D eigenvalue weighted by atomic mass is 10.1. The second kappa shape index (κ2) is 4.53. The Morgan fingerprint density at radius 1 is 1.12 bits per heavy atom. The van der Waals surface area contributed by atoms with E-state index in [9.17, 15) is 0 Å². The molecule has 0 bridgehead atoms. The van der Waals surface area contributed by atoms with Gasteiger partial charge in [-0.1, -0.05) is 0 Å². The van der Waals surface area contributed by atoms with Crippen LogP contribution in [0.1, 0.15) is 21.4 Å². The maximum absolute atomic E-state index is 3.44. The van der Waals surface area contributed by atoms with Crippen molar-refractivity contribution in [1.82, 2.24) is 5.32 Å². The Bertz CT molecular complexity index is 603. The van der Waals surface area contributed by atoms with E-state index in [-0.39, 0.29) is 0 Å². The van der Waals surface area contributed by atoms with Crippen LogP contribution in [0.4, 0.5) is 0 Å². The molecule has 0 saturated carbocycles. The van der Waals surface area contributed by atoms with E-state index in [4.69, 9.17) is 0 Å². The van der Waals surface area contributed by atoms with Gasteiger partial charge in [0.05, 0.1) is 6.04 Å². The Hall–Kier alpha value is -0.680. The first-order valence-corrected chi connectivity index (χ1v) is 8.05. The molecule has 0 amide bonds. The van der Waals surface area contributed by atoms with Crippen LogP contribution >= 0.6 is 34.0 Å². The number of thiophene rings is 3. The zero-order valence-corrected chi connectivity index (χ0v) is 12.1. The van der Waals surface area contributed by atoms with Gasteiger partial charge in [-0.3, -0.25) is 0 Å². The molecule has 3 heterocycles. The SMILES string of the molecule is CNC(c1cc2sccc2s1)c1sccc1C. The molecule has 1 nitrogen and oxygen atoms in total. The van der Waals surface area contributed by atoms with Crippen molar-refractivity contribution in [2.24, 2.45) is 0 Å². The van der Waals surface area contributed by atoms with Gasteiger partial charge in [0.2, 0.25) is 0 Å². The fourth-order valence-electron chi connectivity index (χ4n) is 2.01. The van der Waals surface area contributed by atoms with Crippen LogP contribution < -0.4 is 5.32 Å². The molecule has 0 aromatic carbocycles. The van der Waals surface area contributed by atoms with Gasteiger partial charge in [-0.2, -0.15) is 0 Å². The summed E-state index contributed by atoms with van der Waals surface area (Å²) in [6.45, 7) is 2.19. The lowest BCUT2D eigenvalue weighted by molar-refractivity contribution is 0.713. The molecule has 0 aliphatic carbocycles. The van der Waals surface area contributed by atoms with Crippen molar-refractivity contribution in [3.63, 3.8) is 0 Å². The molecule has 17 heavy (non-hydrogen) atoms. The molecular weight excluding hydrogens is 266 g/mol. The Morgan fingerprint density at radius 3 is 2.59 bits per heavy atom. The van der Waals surface area contributed by atoms with Crippen LogP contribution in [0.3, 0.4) is 0 Å².